The molecule has 0 saturated carbocycles. The number of benzene rings is 2. The van der Waals surface area contributed by atoms with E-state index < -0.39 is 0 Å². The molecule has 2 rings (SSSR count). The molecule has 0 spiro atoms. The third-order valence-electron chi connectivity index (χ3n) is 3.02. The van der Waals surface area contributed by atoms with E-state index in [1.165, 1.54) is 0 Å². The van der Waals surface area contributed by atoms with Crippen molar-refractivity contribution in [3.63, 3.8) is 0 Å². The fraction of sp³-hybridized carbons (Fsp3) is 0.118. The van der Waals surface area contributed by atoms with Gasteiger partial charge in [0, 0.05) is 10.0 Å². The summed E-state index contributed by atoms with van der Waals surface area (Å²) in [5.74, 6) is 0.812. The molecular formula is C17H15BrO2. The number of methoxy groups -OCH3 is 1. The first-order chi connectivity index (χ1) is 9.60. The van der Waals surface area contributed by atoms with E-state index in [0.29, 0.717) is 5.56 Å². The number of rotatable bonds is 4. The van der Waals surface area contributed by atoms with Crippen LogP contribution in [0.3, 0.4) is 0 Å². The zero-order valence-corrected chi connectivity index (χ0v) is 13.0. The molecule has 0 bridgehead atoms. The summed E-state index contributed by atoms with van der Waals surface area (Å²) in [6.45, 7) is 1.93. The topological polar surface area (TPSA) is 26.3 Å². The zero-order chi connectivity index (χ0) is 14.5. The summed E-state index contributed by atoms with van der Waals surface area (Å²) in [7, 11) is 1.63. The Balaban J connectivity index is 2.20. The van der Waals surface area contributed by atoms with Crippen molar-refractivity contribution < 1.29 is 9.53 Å². The molecule has 2 nitrogen and oxygen atoms in total. The Morgan fingerprint density at radius 1 is 1.00 bits per heavy atom. The molecule has 0 heterocycles. The van der Waals surface area contributed by atoms with Crippen LogP contribution in [0.5, 0.6) is 5.75 Å². The molecule has 0 unspecified atom stereocenters. The third-order valence-corrected chi connectivity index (χ3v) is 3.55. The number of hydrogen-bond acceptors (Lipinski definition) is 2. The Morgan fingerprint density at radius 3 is 2.10 bits per heavy atom. The lowest BCUT2D eigenvalue weighted by Crippen LogP contribution is -1.95. The summed E-state index contributed by atoms with van der Waals surface area (Å²) in [6.07, 6.45) is 1.66. The van der Waals surface area contributed by atoms with Crippen molar-refractivity contribution in [3.05, 3.63) is 70.2 Å². The van der Waals surface area contributed by atoms with E-state index in [2.05, 4.69) is 15.9 Å². The molecule has 3 heteroatoms. The minimum atomic E-state index is 0.00539. The molecule has 0 aliphatic rings. The predicted molar refractivity (Wildman–Crippen MR) is 85.1 cm³/mol. The summed E-state index contributed by atoms with van der Waals surface area (Å²) in [6, 6.07) is 15.0. The Hall–Kier alpha value is -1.87. The van der Waals surface area contributed by atoms with Gasteiger partial charge in [0.2, 0.25) is 0 Å². The fourth-order valence-corrected chi connectivity index (χ4v) is 2.10. The van der Waals surface area contributed by atoms with Gasteiger partial charge < -0.3 is 4.74 Å². The number of carbonyl (C=O) groups excluding carboxylic acids is 1. The van der Waals surface area contributed by atoms with Crippen LogP contribution < -0.4 is 4.74 Å². The Bertz CT molecular complexity index is 625. The van der Waals surface area contributed by atoms with Crippen LogP contribution in [-0.4, -0.2) is 12.9 Å². The molecular weight excluding hydrogens is 316 g/mol. The van der Waals surface area contributed by atoms with Crippen molar-refractivity contribution in [1.29, 1.82) is 0 Å². The van der Waals surface area contributed by atoms with Crippen molar-refractivity contribution in [2.45, 2.75) is 6.92 Å². The molecule has 0 atom stereocenters. The van der Waals surface area contributed by atoms with E-state index >= 15 is 0 Å². The SMILES string of the molecule is COc1ccc(/C(C)=C/C(=O)c2ccc(Br)cc2)cc1. The molecule has 2 aromatic carbocycles. The maximum atomic E-state index is 12.1. The number of carbonyl (C=O) groups is 1. The number of hydrogen-bond donors (Lipinski definition) is 0. The van der Waals surface area contributed by atoms with Gasteiger partial charge in [-0.15, -0.1) is 0 Å². The lowest BCUT2D eigenvalue weighted by Gasteiger charge is -2.04. The highest BCUT2D eigenvalue weighted by atomic mass is 79.9. The first-order valence-corrected chi connectivity index (χ1v) is 7.02. The molecule has 20 heavy (non-hydrogen) atoms. The first kappa shape index (κ1) is 14.5. The lowest BCUT2D eigenvalue weighted by molar-refractivity contribution is 0.104. The van der Waals surface area contributed by atoms with E-state index in [9.17, 15) is 4.79 Å². The number of ketones is 1. The molecule has 0 amide bonds. The first-order valence-electron chi connectivity index (χ1n) is 6.23. The van der Waals surface area contributed by atoms with Crippen molar-refractivity contribution >= 4 is 27.3 Å². The van der Waals surface area contributed by atoms with E-state index in [-0.39, 0.29) is 5.78 Å². The van der Waals surface area contributed by atoms with Crippen molar-refractivity contribution in [1.82, 2.24) is 0 Å². The van der Waals surface area contributed by atoms with Crippen LogP contribution in [-0.2, 0) is 0 Å². The Morgan fingerprint density at radius 2 is 1.55 bits per heavy atom. The summed E-state index contributed by atoms with van der Waals surface area (Å²) >= 11 is 3.36. The van der Waals surface area contributed by atoms with Gasteiger partial charge in [-0.1, -0.05) is 28.1 Å². The zero-order valence-electron chi connectivity index (χ0n) is 11.4. The monoisotopic (exact) mass is 330 g/mol. The second-order valence-corrected chi connectivity index (χ2v) is 5.34. The van der Waals surface area contributed by atoms with Crippen LogP contribution in [0.15, 0.2) is 59.1 Å². The molecule has 102 valence electrons. The maximum absolute atomic E-state index is 12.1. The lowest BCUT2D eigenvalue weighted by atomic mass is 10.0. The smallest absolute Gasteiger partial charge is 0.186 e. The van der Waals surface area contributed by atoms with Crippen LogP contribution in [0.25, 0.3) is 5.57 Å². The van der Waals surface area contributed by atoms with Gasteiger partial charge in [-0.2, -0.15) is 0 Å². The standard InChI is InChI=1S/C17H15BrO2/c1-12(13-5-9-16(20-2)10-6-13)11-17(19)14-3-7-15(18)8-4-14/h3-11H,1-2H3/b12-11+. The quantitative estimate of drug-likeness (QED) is 0.597. The van der Waals surface area contributed by atoms with Crippen molar-refractivity contribution in [2.75, 3.05) is 7.11 Å². The van der Waals surface area contributed by atoms with Gasteiger partial charge in [0.1, 0.15) is 5.75 Å². The number of ether oxygens (including phenoxy) is 1. The molecule has 0 saturated heterocycles. The molecule has 0 fully saturated rings. The molecule has 0 aliphatic carbocycles. The van der Waals surface area contributed by atoms with Crippen molar-refractivity contribution in [3.8, 4) is 5.75 Å². The molecule has 2 aromatic rings. The van der Waals surface area contributed by atoms with Gasteiger partial charge in [-0.05, 0) is 60.5 Å². The largest absolute Gasteiger partial charge is 0.497 e. The highest BCUT2D eigenvalue weighted by Gasteiger charge is 2.04. The fourth-order valence-electron chi connectivity index (χ4n) is 1.83. The van der Waals surface area contributed by atoms with Gasteiger partial charge in [0.15, 0.2) is 5.78 Å². The van der Waals surface area contributed by atoms with E-state index in [0.717, 1.165) is 21.4 Å². The minimum absolute atomic E-state index is 0.00539. The molecule has 0 aliphatic heterocycles. The van der Waals surface area contributed by atoms with Crippen LogP contribution in [0.2, 0.25) is 0 Å². The van der Waals surface area contributed by atoms with Crippen molar-refractivity contribution in [2.24, 2.45) is 0 Å². The molecule has 0 radical (unpaired) electrons. The summed E-state index contributed by atoms with van der Waals surface area (Å²) in [4.78, 5) is 12.1. The third kappa shape index (κ3) is 3.58. The number of halogens is 1. The summed E-state index contributed by atoms with van der Waals surface area (Å²) in [5.41, 5.74) is 2.62. The highest BCUT2D eigenvalue weighted by Crippen LogP contribution is 2.19. The van der Waals surface area contributed by atoms with Crippen LogP contribution in [0, 0.1) is 0 Å². The second kappa shape index (κ2) is 6.53. The van der Waals surface area contributed by atoms with Crippen LogP contribution in [0.1, 0.15) is 22.8 Å². The van der Waals surface area contributed by atoms with Crippen LogP contribution in [0.4, 0.5) is 0 Å². The maximum Gasteiger partial charge on any atom is 0.186 e. The summed E-state index contributed by atoms with van der Waals surface area (Å²) in [5, 5.41) is 0. The number of allylic oxidation sites excluding steroid dienone is 2. The molecule has 0 N–H and O–H groups in total. The van der Waals surface area contributed by atoms with Crippen LogP contribution >= 0.6 is 15.9 Å². The van der Waals surface area contributed by atoms with E-state index in [1.807, 2.05) is 55.5 Å². The highest BCUT2D eigenvalue weighted by molar-refractivity contribution is 9.10. The molecule has 0 aromatic heterocycles. The van der Waals surface area contributed by atoms with E-state index in [1.54, 1.807) is 13.2 Å². The Kier molecular flexibility index (Phi) is 4.74. The van der Waals surface area contributed by atoms with Gasteiger partial charge in [-0.3, -0.25) is 4.79 Å². The second-order valence-electron chi connectivity index (χ2n) is 4.43. The van der Waals surface area contributed by atoms with E-state index in [4.69, 9.17) is 4.74 Å². The normalized spacial score (nSPS) is 11.2. The average Bonchev–Trinajstić information content (AvgIpc) is 2.48. The minimum Gasteiger partial charge on any atom is -0.497 e. The average molecular weight is 331 g/mol. The Labute approximate surface area is 127 Å². The van der Waals surface area contributed by atoms with Gasteiger partial charge in [0.25, 0.3) is 0 Å². The van der Waals surface area contributed by atoms with Gasteiger partial charge in [0.05, 0.1) is 7.11 Å². The van der Waals surface area contributed by atoms with Gasteiger partial charge >= 0.3 is 0 Å². The predicted octanol–water partition coefficient (Wildman–Crippen LogP) is 4.74. The van der Waals surface area contributed by atoms with Gasteiger partial charge in [-0.25, -0.2) is 0 Å². The summed E-state index contributed by atoms with van der Waals surface area (Å²) < 4.78 is 6.08.